The highest BCUT2D eigenvalue weighted by atomic mass is 127. The van der Waals surface area contributed by atoms with Crippen LogP contribution in [0, 0.1) is 17.8 Å². The summed E-state index contributed by atoms with van der Waals surface area (Å²) in [6.45, 7) is 11.8. The maximum absolute atomic E-state index is 5.42. The number of nitrogens with zero attached hydrogens (tertiary/aromatic N) is 3. The summed E-state index contributed by atoms with van der Waals surface area (Å²) in [6, 6.07) is 0. The Kier molecular flexibility index (Phi) is 11.3. The Morgan fingerprint density at radius 2 is 1.88 bits per heavy atom. The molecular formula is C19H39IN4O. The Morgan fingerprint density at radius 1 is 1.24 bits per heavy atom. The fraction of sp³-hybridized carbons (Fsp3) is 0.947. The van der Waals surface area contributed by atoms with Crippen LogP contribution in [0.4, 0.5) is 0 Å². The van der Waals surface area contributed by atoms with Gasteiger partial charge in [-0.3, -0.25) is 9.89 Å². The Bertz CT molecular complexity index is 380. The Labute approximate surface area is 172 Å². The third-order valence-electron chi connectivity index (χ3n) is 5.52. The normalized spacial score (nSPS) is 26.6. The van der Waals surface area contributed by atoms with Crippen molar-refractivity contribution in [2.24, 2.45) is 22.7 Å². The molecule has 5 nitrogen and oxygen atoms in total. The molecule has 1 unspecified atom stereocenters. The van der Waals surface area contributed by atoms with Crippen molar-refractivity contribution in [3.8, 4) is 0 Å². The van der Waals surface area contributed by atoms with Crippen molar-refractivity contribution >= 4 is 29.9 Å². The smallest absolute Gasteiger partial charge is 0.193 e. The second kappa shape index (κ2) is 12.3. The van der Waals surface area contributed by atoms with E-state index in [2.05, 4.69) is 41.0 Å². The quantitative estimate of drug-likeness (QED) is 0.371. The van der Waals surface area contributed by atoms with Crippen LogP contribution in [0.1, 0.15) is 39.5 Å². The van der Waals surface area contributed by atoms with Gasteiger partial charge in [-0.25, -0.2) is 0 Å². The molecule has 6 heteroatoms. The van der Waals surface area contributed by atoms with Gasteiger partial charge in [0.2, 0.25) is 0 Å². The summed E-state index contributed by atoms with van der Waals surface area (Å²) >= 11 is 0. The van der Waals surface area contributed by atoms with Crippen LogP contribution in [0.25, 0.3) is 0 Å². The molecule has 1 aliphatic heterocycles. The first-order chi connectivity index (χ1) is 11.6. The molecule has 0 aromatic rings. The van der Waals surface area contributed by atoms with E-state index in [1.54, 1.807) is 0 Å². The summed E-state index contributed by atoms with van der Waals surface area (Å²) in [6.07, 6.45) is 5.52. The number of hydrogen-bond donors (Lipinski definition) is 1. The molecule has 1 atom stereocenters. The maximum atomic E-state index is 5.42. The number of ether oxygens (including phenoxy) is 1. The fourth-order valence-electron chi connectivity index (χ4n) is 3.92. The minimum atomic E-state index is 0. The number of rotatable bonds is 6. The van der Waals surface area contributed by atoms with Crippen LogP contribution in [-0.4, -0.2) is 75.8 Å². The monoisotopic (exact) mass is 466 g/mol. The molecule has 0 bridgehead atoms. The molecule has 1 aliphatic carbocycles. The van der Waals surface area contributed by atoms with Crippen molar-refractivity contribution in [2.75, 3.05) is 60.0 Å². The largest absolute Gasteiger partial charge is 0.379 e. The summed E-state index contributed by atoms with van der Waals surface area (Å²) in [5, 5.41) is 3.57. The molecule has 148 valence electrons. The van der Waals surface area contributed by atoms with Crippen molar-refractivity contribution in [2.45, 2.75) is 39.5 Å². The molecule has 0 amide bonds. The van der Waals surface area contributed by atoms with E-state index in [1.165, 1.54) is 25.7 Å². The van der Waals surface area contributed by atoms with Gasteiger partial charge in [-0.1, -0.05) is 26.7 Å². The van der Waals surface area contributed by atoms with Gasteiger partial charge in [0.05, 0.1) is 13.2 Å². The van der Waals surface area contributed by atoms with Crippen LogP contribution in [-0.2, 0) is 4.74 Å². The SMILES string of the molecule is CN=C(NCC(C)CN1CCOCC1)N(C)CC1CCC(C)CC1.I. The number of guanidine groups is 1. The Hall–Kier alpha value is -0.0800. The fourth-order valence-corrected chi connectivity index (χ4v) is 3.92. The lowest BCUT2D eigenvalue weighted by Crippen LogP contribution is -2.45. The van der Waals surface area contributed by atoms with E-state index in [4.69, 9.17) is 4.74 Å². The topological polar surface area (TPSA) is 40.1 Å². The van der Waals surface area contributed by atoms with E-state index < -0.39 is 0 Å². The van der Waals surface area contributed by atoms with E-state index in [-0.39, 0.29) is 24.0 Å². The number of morpholine rings is 1. The van der Waals surface area contributed by atoms with Crippen molar-refractivity contribution in [3.05, 3.63) is 0 Å². The van der Waals surface area contributed by atoms with E-state index in [0.29, 0.717) is 5.92 Å². The van der Waals surface area contributed by atoms with Crippen molar-refractivity contribution in [1.82, 2.24) is 15.1 Å². The van der Waals surface area contributed by atoms with Crippen LogP contribution in [0.2, 0.25) is 0 Å². The van der Waals surface area contributed by atoms with Gasteiger partial charge in [-0.05, 0) is 30.6 Å². The molecule has 25 heavy (non-hydrogen) atoms. The van der Waals surface area contributed by atoms with Gasteiger partial charge < -0.3 is 15.0 Å². The van der Waals surface area contributed by atoms with Gasteiger partial charge in [0.15, 0.2) is 5.96 Å². The number of halogens is 1. The third kappa shape index (κ3) is 8.43. The maximum Gasteiger partial charge on any atom is 0.193 e. The summed E-state index contributed by atoms with van der Waals surface area (Å²) in [5.41, 5.74) is 0. The average molecular weight is 466 g/mol. The summed E-state index contributed by atoms with van der Waals surface area (Å²) < 4.78 is 5.42. The van der Waals surface area contributed by atoms with Gasteiger partial charge >= 0.3 is 0 Å². The molecule has 1 saturated heterocycles. The molecule has 1 N–H and O–H groups in total. The molecule has 0 spiro atoms. The number of hydrogen-bond acceptors (Lipinski definition) is 3. The van der Waals surface area contributed by atoms with Gasteiger partial charge in [0.1, 0.15) is 0 Å². The van der Waals surface area contributed by atoms with Gasteiger partial charge in [-0.2, -0.15) is 0 Å². The van der Waals surface area contributed by atoms with E-state index in [9.17, 15) is 0 Å². The molecule has 0 aromatic heterocycles. The highest BCUT2D eigenvalue weighted by Crippen LogP contribution is 2.28. The molecule has 2 aliphatic rings. The van der Waals surface area contributed by atoms with Crippen molar-refractivity contribution in [1.29, 1.82) is 0 Å². The lowest BCUT2D eigenvalue weighted by Gasteiger charge is -2.32. The zero-order valence-corrected chi connectivity index (χ0v) is 19.0. The van der Waals surface area contributed by atoms with Crippen molar-refractivity contribution in [3.63, 3.8) is 0 Å². The predicted molar refractivity (Wildman–Crippen MR) is 117 cm³/mol. The van der Waals surface area contributed by atoms with E-state index in [1.807, 2.05) is 7.05 Å². The summed E-state index contributed by atoms with van der Waals surface area (Å²) in [4.78, 5) is 9.31. The van der Waals surface area contributed by atoms with Crippen LogP contribution in [0.15, 0.2) is 4.99 Å². The first-order valence-corrected chi connectivity index (χ1v) is 9.80. The van der Waals surface area contributed by atoms with Crippen LogP contribution in [0.3, 0.4) is 0 Å². The molecule has 2 rings (SSSR count). The molecule has 2 fully saturated rings. The lowest BCUT2D eigenvalue weighted by molar-refractivity contribution is 0.0320. The van der Waals surface area contributed by atoms with E-state index in [0.717, 1.165) is 63.7 Å². The van der Waals surface area contributed by atoms with Gasteiger partial charge in [0.25, 0.3) is 0 Å². The highest BCUT2D eigenvalue weighted by Gasteiger charge is 2.21. The minimum Gasteiger partial charge on any atom is -0.379 e. The van der Waals surface area contributed by atoms with Gasteiger partial charge in [0, 0.05) is 46.8 Å². The molecule has 1 saturated carbocycles. The zero-order chi connectivity index (χ0) is 17.4. The standard InChI is InChI=1S/C19H38N4O.HI/c1-16-5-7-18(8-6-16)15-22(4)19(20-3)21-13-17(2)14-23-9-11-24-12-10-23;/h16-18H,5-15H2,1-4H3,(H,20,21);1H. The minimum absolute atomic E-state index is 0. The van der Waals surface area contributed by atoms with Crippen LogP contribution >= 0.6 is 24.0 Å². The first-order valence-electron chi connectivity index (χ1n) is 9.80. The lowest BCUT2D eigenvalue weighted by atomic mass is 9.83. The predicted octanol–water partition coefficient (Wildman–Crippen LogP) is 2.91. The van der Waals surface area contributed by atoms with Crippen LogP contribution in [0.5, 0.6) is 0 Å². The first kappa shape index (κ1) is 23.0. The van der Waals surface area contributed by atoms with Crippen molar-refractivity contribution < 1.29 is 4.74 Å². The highest BCUT2D eigenvalue weighted by molar-refractivity contribution is 14.0. The number of aliphatic imine (C=N–C) groups is 1. The molecular weight excluding hydrogens is 427 g/mol. The molecule has 1 heterocycles. The second-order valence-corrected chi connectivity index (χ2v) is 7.95. The zero-order valence-electron chi connectivity index (χ0n) is 16.7. The molecule has 0 aromatic carbocycles. The summed E-state index contributed by atoms with van der Waals surface area (Å²) in [5.74, 6) is 3.41. The Morgan fingerprint density at radius 3 is 2.48 bits per heavy atom. The van der Waals surface area contributed by atoms with Crippen LogP contribution < -0.4 is 5.32 Å². The second-order valence-electron chi connectivity index (χ2n) is 7.95. The molecule has 0 radical (unpaired) electrons. The van der Waals surface area contributed by atoms with E-state index >= 15 is 0 Å². The third-order valence-corrected chi connectivity index (χ3v) is 5.52. The summed E-state index contributed by atoms with van der Waals surface area (Å²) in [7, 11) is 4.08. The number of nitrogens with one attached hydrogen (secondary N) is 1. The average Bonchev–Trinajstić information content (AvgIpc) is 2.58. The van der Waals surface area contributed by atoms with Gasteiger partial charge in [-0.15, -0.1) is 24.0 Å². The Balaban J connectivity index is 0.00000312.